The second kappa shape index (κ2) is 9.94. The molecule has 0 aromatic carbocycles. The van der Waals surface area contributed by atoms with Gasteiger partial charge in [-0.05, 0) is 89.2 Å². The molecule has 1 rings (SSSR count). The standard InChI is InChI=1S/C19H35N3O2Si3/c1-25(2,3)23-27(7,24-26(4,5)6)13-9-12-22-19-11-8-10-17(14-19)18(15-20)16-21/h14,18H,8-13H2,1-7H3. The first-order chi connectivity index (χ1) is 12.4. The maximum Gasteiger partial charge on any atom is 0.314 e. The van der Waals surface area contributed by atoms with E-state index in [1.807, 2.05) is 6.08 Å². The minimum absolute atomic E-state index is 0.638. The molecule has 150 valence electrons. The van der Waals surface area contributed by atoms with Crippen molar-refractivity contribution in [2.75, 3.05) is 6.54 Å². The van der Waals surface area contributed by atoms with Crippen LogP contribution in [0.1, 0.15) is 25.7 Å². The third-order valence-corrected chi connectivity index (χ3v) is 13.6. The molecule has 0 radical (unpaired) electrons. The molecular weight excluding hydrogens is 386 g/mol. The SMILES string of the molecule is C[Si](C)(C)O[Si](C)(CCCN=C1C=C(C(C#N)C#N)CCC1)O[Si](C)(C)C. The fourth-order valence-electron chi connectivity index (χ4n) is 3.42. The predicted octanol–water partition coefficient (Wildman–Crippen LogP) is 5.37. The number of hydrogen-bond acceptors (Lipinski definition) is 5. The number of allylic oxidation sites excluding steroid dienone is 2. The summed E-state index contributed by atoms with van der Waals surface area (Å²) in [5.41, 5.74) is 1.93. The van der Waals surface area contributed by atoms with Gasteiger partial charge in [-0.1, -0.05) is 0 Å². The molecule has 0 fully saturated rings. The summed E-state index contributed by atoms with van der Waals surface area (Å²) in [5, 5.41) is 18.2. The lowest BCUT2D eigenvalue weighted by molar-refractivity contribution is 0.382. The number of hydrogen-bond donors (Lipinski definition) is 0. The smallest absolute Gasteiger partial charge is 0.314 e. The van der Waals surface area contributed by atoms with E-state index >= 15 is 0 Å². The van der Waals surface area contributed by atoms with E-state index in [1.165, 1.54) is 0 Å². The van der Waals surface area contributed by atoms with Crippen molar-refractivity contribution in [2.24, 2.45) is 10.9 Å². The Balaban J connectivity index is 2.72. The Morgan fingerprint density at radius 3 is 2.04 bits per heavy atom. The molecule has 0 bridgehead atoms. The van der Waals surface area contributed by atoms with E-state index in [9.17, 15) is 0 Å². The van der Waals surface area contributed by atoms with Crippen molar-refractivity contribution >= 4 is 30.9 Å². The van der Waals surface area contributed by atoms with Crippen LogP contribution in [0.5, 0.6) is 0 Å². The highest BCUT2D eigenvalue weighted by Gasteiger charge is 2.39. The highest BCUT2D eigenvalue weighted by molar-refractivity contribution is 6.87. The molecular formula is C19H35N3O2Si3. The topological polar surface area (TPSA) is 78.4 Å². The van der Waals surface area contributed by atoms with Crippen LogP contribution < -0.4 is 0 Å². The maximum absolute atomic E-state index is 9.08. The van der Waals surface area contributed by atoms with Crippen molar-refractivity contribution in [2.45, 2.75) is 77.6 Å². The summed E-state index contributed by atoms with van der Waals surface area (Å²) in [7, 11) is -5.52. The summed E-state index contributed by atoms with van der Waals surface area (Å²) in [6.45, 7) is 16.3. The van der Waals surface area contributed by atoms with Gasteiger partial charge < -0.3 is 8.23 Å². The Bertz CT molecular complexity index is 619. The highest BCUT2D eigenvalue weighted by atomic mass is 28.5. The van der Waals surface area contributed by atoms with Gasteiger partial charge in [0, 0.05) is 12.3 Å². The molecule has 1 aliphatic carbocycles. The first-order valence-corrected chi connectivity index (χ1v) is 19.1. The molecule has 0 aliphatic heterocycles. The molecule has 0 saturated heterocycles. The fourth-order valence-corrected chi connectivity index (χ4v) is 15.9. The zero-order valence-corrected chi connectivity index (χ0v) is 21.1. The number of nitrogens with zero attached hydrogens (tertiary/aromatic N) is 3. The van der Waals surface area contributed by atoms with Crippen molar-refractivity contribution in [1.82, 2.24) is 0 Å². The molecule has 0 N–H and O–H groups in total. The van der Waals surface area contributed by atoms with Crippen LogP contribution in [0.15, 0.2) is 16.6 Å². The molecule has 1 aliphatic rings. The Labute approximate surface area is 168 Å². The van der Waals surface area contributed by atoms with Gasteiger partial charge in [0.1, 0.15) is 0 Å². The summed E-state index contributed by atoms with van der Waals surface area (Å²) in [5.74, 6) is -0.638. The molecule has 5 nitrogen and oxygen atoms in total. The van der Waals surface area contributed by atoms with Gasteiger partial charge in [-0.25, -0.2) is 0 Å². The Morgan fingerprint density at radius 2 is 1.56 bits per heavy atom. The minimum Gasteiger partial charge on any atom is -0.437 e. The molecule has 0 heterocycles. The largest absolute Gasteiger partial charge is 0.437 e. The van der Waals surface area contributed by atoms with E-state index in [2.05, 4.69) is 58.0 Å². The number of rotatable bonds is 9. The summed E-state index contributed by atoms with van der Waals surface area (Å²) in [6, 6.07) is 5.09. The second-order valence-corrected chi connectivity index (χ2v) is 22.2. The van der Waals surface area contributed by atoms with Crippen LogP contribution in [-0.2, 0) is 8.23 Å². The quantitative estimate of drug-likeness (QED) is 0.370. The third kappa shape index (κ3) is 9.63. The van der Waals surface area contributed by atoms with E-state index < -0.39 is 31.1 Å². The summed E-state index contributed by atoms with van der Waals surface area (Å²) in [4.78, 5) is 4.74. The van der Waals surface area contributed by atoms with Crippen molar-refractivity contribution in [3.8, 4) is 12.1 Å². The summed E-state index contributed by atoms with van der Waals surface area (Å²) < 4.78 is 13.1. The lowest BCUT2D eigenvalue weighted by Crippen LogP contribution is -2.52. The van der Waals surface area contributed by atoms with Gasteiger partial charge in [-0.2, -0.15) is 10.5 Å². The predicted molar refractivity (Wildman–Crippen MR) is 119 cm³/mol. The van der Waals surface area contributed by atoms with Gasteiger partial charge in [-0.15, -0.1) is 0 Å². The van der Waals surface area contributed by atoms with Gasteiger partial charge in [-0.3, -0.25) is 4.99 Å². The molecule has 0 unspecified atom stereocenters. The minimum atomic E-state index is -2.20. The highest BCUT2D eigenvalue weighted by Crippen LogP contribution is 2.26. The second-order valence-electron chi connectivity index (χ2n) is 9.30. The molecule has 0 aromatic heterocycles. The van der Waals surface area contributed by atoms with E-state index in [0.717, 1.165) is 49.6 Å². The Morgan fingerprint density at radius 1 is 1.00 bits per heavy atom. The monoisotopic (exact) mass is 421 g/mol. The molecule has 8 heteroatoms. The van der Waals surface area contributed by atoms with Crippen molar-refractivity contribution in [3.05, 3.63) is 11.6 Å². The Kier molecular flexibility index (Phi) is 8.84. The maximum atomic E-state index is 9.08. The van der Waals surface area contributed by atoms with Gasteiger partial charge in [0.2, 0.25) is 0 Å². The fraction of sp³-hybridized carbons (Fsp3) is 0.737. The van der Waals surface area contributed by atoms with Crippen molar-refractivity contribution < 1.29 is 8.23 Å². The summed E-state index contributed by atoms with van der Waals surface area (Å²) >= 11 is 0. The molecule has 0 spiro atoms. The molecule has 0 aromatic rings. The van der Waals surface area contributed by atoms with E-state index in [-0.39, 0.29) is 0 Å². The Hall–Kier alpha value is -1.04. The van der Waals surface area contributed by atoms with Crippen LogP contribution in [-0.4, -0.2) is 37.5 Å². The molecule has 27 heavy (non-hydrogen) atoms. The van der Waals surface area contributed by atoms with Crippen LogP contribution in [0.2, 0.25) is 51.9 Å². The normalized spacial score (nSPS) is 17.6. The number of nitriles is 2. The zero-order chi connectivity index (χ0) is 20.7. The molecule has 0 amide bonds. The zero-order valence-electron chi connectivity index (χ0n) is 18.1. The van der Waals surface area contributed by atoms with Crippen LogP contribution in [0.4, 0.5) is 0 Å². The van der Waals surface area contributed by atoms with Crippen LogP contribution in [0, 0.1) is 28.6 Å². The average molecular weight is 422 g/mol. The first-order valence-electron chi connectivity index (χ1n) is 9.81. The first kappa shape index (κ1) is 24.0. The van der Waals surface area contributed by atoms with Crippen LogP contribution in [0.25, 0.3) is 0 Å². The third-order valence-electron chi connectivity index (χ3n) is 4.03. The lowest BCUT2D eigenvalue weighted by Gasteiger charge is -2.38. The molecule has 0 atom stereocenters. The van der Waals surface area contributed by atoms with Gasteiger partial charge in [0.25, 0.3) is 0 Å². The van der Waals surface area contributed by atoms with E-state index in [0.29, 0.717) is 0 Å². The molecule has 0 saturated carbocycles. The average Bonchev–Trinajstić information content (AvgIpc) is 2.49. The van der Waals surface area contributed by atoms with Gasteiger partial charge in [0.15, 0.2) is 22.6 Å². The van der Waals surface area contributed by atoms with E-state index in [1.54, 1.807) is 0 Å². The van der Waals surface area contributed by atoms with Crippen molar-refractivity contribution in [1.29, 1.82) is 10.5 Å². The summed E-state index contributed by atoms with van der Waals surface area (Å²) in [6.07, 6.45) is 5.63. The number of aliphatic imine (C=N–C) groups is 1. The van der Waals surface area contributed by atoms with E-state index in [4.69, 9.17) is 23.7 Å². The van der Waals surface area contributed by atoms with Gasteiger partial charge in [0.05, 0.1) is 12.1 Å². The van der Waals surface area contributed by atoms with Crippen molar-refractivity contribution in [3.63, 3.8) is 0 Å². The lowest BCUT2D eigenvalue weighted by atomic mass is 9.90. The van der Waals surface area contributed by atoms with Gasteiger partial charge >= 0.3 is 8.56 Å². The van der Waals surface area contributed by atoms with Crippen LogP contribution in [0.3, 0.4) is 0 Å². The van der Waals surface area contributed by atoms with Crippen LogP contribution >= 0.6 is 0 Å².